The van der Waals surface area contributed by atoms with Gasteiger partial charge in [-0.2, -0.15) is 0 Å². The molecule has 144 valence electrons. The predicted octanol–water partition coefficient (Wildman–Crippen LogP) is 4.00. The quantitative estimate of drug-likeness (QED) is 0.499. The zero-order valence-electron chi connectivity index (χ0n) is 15.5. The Kier molecular flexibility index (Phi) is 5.90. The second-order valence-electron chi connectivity index (χ2n) is 5.71. The minimum atomic E-state index is -0.581. The first-order valence-corrected chi connectivity index (χ1v) is 9.16. The van der Waals surface area contributed by atoms with Gasteiger partial charge in [0.15, 0.2) is 17.2 Å². The van der Waals surface area contributed by atoms with Crippen molar-refractivity contribution in [3.8, 4) is 27.8 Å². The zero-order valence-corrected chi connectivity index (χ0v) is 16.3. The Morgan fingerprint density at radius 1 is 1.04 bits per heavy atom. The molecule has 0 atom stereocenters. The van der Waals surface area contributed by atoms with E-state index in [1.54, 1.807) is 56.0 Å². The van der Waals surface area contributed by atoms with Gasteiger partial charge in [0.05, 0.1) is 14.2 Å². The highest BCUT2D eigenvalue weighted by atomic mass is 32.1. The minimum Gasteiger partial charge on any atom is -0.493 e. The molecule has 0 aliphatic heterocycles. The van der Waals surface area contributed by atoms with Crippen LogP contribution in [0.3, 0.4) is 0 Å². The number of hydrogen-bond acceptors (Lipinski definition) is 7. The predicted molar refractivity (Wildman–Crippen MR) is 106 cm³/mol. The summed E-state index contributed by atoms with van der Waals surface area (Å²) in [6.45, 7) is 1.41. The Balaban J connectivity index is 1.77. The molecular formula is C20H18N2O5S. The molecule has 28 heavy (non-hydrogen) atoms. The first-order chi connectivity index (χ1) is 13.5. The Labute approximate surface area is 165 Å². The summed E-state index contributed by atoms with van der Waals surface area (Å²) in [7, 11) is 3.12. The fourth-order valence-electron chi connectivity index (χ4n) is 2.47. The van der Waals surface area contributed by atoms with E-state index >= 15 is 0 Å². The van der Waals surface area contributed by atoms with E-state index in [0.717, 1.165) is 5.56 Å². The summed E-state index contributed by atoms with van der Waals surface area (Å²) in [6.07, 6.45) is 0. The molecule has 0 aliphatic carbocycles. The van der Waals surface area contributed by atoms with Crippen molar-refractivity contribution in [2.75, 3.05) is 19.5 Å². The van der Waals surface area contributed by atoms with Gasteiger partial charge in [0, 0.05) is 29.6 Å². The summed E-state index contributed by atoms with van der Waals surface area (Å²) in [5.41, 5.74) is 1.54. The van der Waals surface area contributed by atoms with Gasteiger partial charge in [-0.15, -0.1) is 11.3 Å². The number of thiazole rings is 1. The molecule has 3 aromatic rings. The average Bonchev–Trinajstić information content (AvgIpc) is 3.17. The summed E-state index contributed by atoms with van der Waals surface area (Å²) in [6, 6.07) is 12.0. The highest BCUT2D eigenvalue weighted by Crippen LogP contribution is 2.33. The summed E-state index contributed by atoms with van der Waals surface area (Å²) in [5, 5.41) is 4.92. The average molecular weight is 398 g/mol. The Bertz CT molecular complexity index is 1020. The first kappa shape index (κ1) is 19.4. The lowest BCUT2D eigenvalue weighted by atomic mass is 10.2. The van der Waals surface area contributed by atoms with E-state index < -0.39 is 5.97 Å². The van der Waals surface area contributed by atoms with Gasteiger partial charge in [0.2, 0.25) is 5.91 Å². The number of carbonyl (C=O) groups is 2. The lowest BCUT2D eigenvalue weighted by Crippen LogP contribution is -2.10. The fraction of sp³-hybridized carbons (Fsp3) is 0.150. The number of esters is 1. The van der Waals surface area contributed by atoms with Crippen LogP contribution in [0.4, 0.5) is 5.69 Å². The molecule has 7 nitrogen and oxygen atoms in total. The lowest BCUT2D eigenvalue weighted by Gasteiger charge is -2.08. The van der Waals surface area contributed by atoms with Gasteiger partial charge >= 0.3 is 5.97 Å². The summed E-state index contributed by atoms with van der Waals surface area (Å²) >= 11 is 1.32. The number of hydrogen-bond donors (Lipinski definition) is 1. The Morgan fingerprint density at radius 2 is 1.82 bits per heavy atom. The van der Waals surface area contributed by atoms with Gasteiger partial charge in [0.1, 0.15) is 10.8 Å². The maximum atomic E-state index is 12.4. The topological polar surface area (TPSA) is 86.8 Å². The molecule has 1 amide bonds. The largest absolute Gasteiger partial charge is 0.493 e. The van der Waals surface area contributed by atoms with Crippen molar-refractivity contribution in [2.24, 2.45) is 0 Å². The number of amides is 1. The van der Waals surface area contributed by atoms with Crippen molar-refractivity contribution in [1.29, 1.82) is 0 Å². The van der Waals surface area contributed by atoms with E-state index in [0.29, 0.717) is 27.9 Å². The normalized spacial score (nSPS) is 10.2. The maximum Gasteiger partial charge on any atom is 0.363 e. The van der Waals surface area contributed by atoms with Crippen LogP contribution in [0.2, 0.25) is 0 Å². The Hall–Kier alpha value is -3.39. The van der Waals surface area contributed by atoms with Gasteiger partial charge in [-0.1, -0.05) is 6.07 Å². The summed E-state index contributed by atoms with van der Waals surface area (Å²) in [4.78, 5) is 27.9. The molecule has 1 aromatic heterocycles. The van der Waals surface area contributed by atoms with E-state index in [-0.39, 0.29) is 11.6 Å². The van der Waals surface area contributed by atoms with E-state index in [1.807, 2.05) is 6.07 Å². The second-order valence-corrected chi connectivity index (χ2v) is 6.56. The van der Waals surface area contributed by atoms with Crippen LogP contribution in [0.1, 0.15) is 17.4 Å². The molecule has 3 rings (SSSR count). The van der Waals surface area contributed by atoms with Crippen molar-refractivity contribution in [3.63, 3.8) is 0 Å². The van der Waals surface area contributed by atoms with Crippen molar-refractivity contribution >= 4 is 28.9 Å². The van der Waals surface area contributed by atoms with E-state index in [4.69, 9.17) is 14.2 Å². The highest BCUT2D eigenvalue weighted by molar-refractivity contribution is 7.13. The van der Waals surface area contributed by atoms with Crippen molar-refractivity contribution in [1.82, 2.24) is 4.98 Å². The van der Waals surface area contributed by atoms with E-state index in [2.05, 4.69) is 10.3 Å². The third-order valence-corrected chi connectivity index (χ3v) is 4.60. The molecule has 1 N–H and O–H groups in total. The van der Waals surface area contributed by atoms with Crippen LogP contribution in [-0.4, -0.2) is 31.1 Å². The van der Waals surface area contributed by atoms with Crippen molar-refractivity contribution in [3.05, 3.63) is 53.5 Å². The zero-order chi connectivity index (χ0) is 20.1. The van der Waals surface area contributed by atoms with Crippen LogP contribution < -0.4 is 19.5 Å². The first-order valence-electron chi connectivity index (χ1n) is 8.28. The molecule has 0 fully saturated rings. The van der Waals surface area contributed by atoms with Crippen LogP contribution in [0.25, 0.3) is 10.6 Å². The van der Waals surface area contributed by atoms with E-state index in [9.17, 15) is 9.59 Å². The van der Waals surface area contributed by atoms with Gasteiger partial charge in [0.25, 0.3) is 0 Å². The molecule has 0 unspecified atom stereocenters. The van der Waals surface area contributed by atoms with E-state index in [1.165, 1.54) is 18.3 Å². The van der Waals surface area contributed by atoms with Crippen LogP contribution >= 0.6 is 11.3 Å². The molecular weight excluding hydrogens is 380 g/mol. The fourth-order valence-corrected chi connectivity index (χ4v) is 3.26. The molecule has 2 aromatic carbocycles. The third kappa shape index (κ3) is 4.47. The molecule has 0 saturated heterocycles. The monoisotopic (exact) mass is 398 g/mol. The number of anilines is 1. The maximum absolute atomic E-state index is 12.4. The van der Waals surface area contributed by atoms with Crippen LogP contribution in [0.5, 0.6) is 17.2 Å². The number of nitrogens with one attached hydrogen (secondary N) is 1. The van der Waals surface area contributed by atoms with Crippen molar-refractivity contribution < 1.29 is 23.8 Å². The SMILES string of the molecule is COc1ccc(-c2nc(C(=O)Oc3cccc(NC(C)=O)c3)cs2)cc1OC. The van der Waals surface area contributed by atoms with Gasteiger partial charge in [-0.05, 0) is 30.3 Å². The Morgan fingerprint density at radius 3 is 2.54 bits per heavy atom. The second kappa shape index (κ2) is 8.53. The molecule has 0 saturated carbocycles. The van der Waals surface area contributed by atoms with Gasteiger partial charge in [-0.25, -0.2) is 9.78 Å². The number of rotatable bonds is 6. The number of aromatic nitrogens is 1. The lowest BCUT2D eigenvalue weighted by molar-refractivity contribution is -0.114. The van der Waals surface area contributed by atoms with Crippen molar-refractivity contribution in [2.45, 2.75) is 6.92 Å². The molecule has 0 spiro atoms. The third-order valence-electron chi connectivity index (χ3n) is 3.71. The molecule has 0 aliphatic rings. The van der Waals surface area contributed by atoms with Gasteiger partial charge < -0.3 is 19.5 Å². The molecule has 0 radical (unpaired) electrons. The van der Waals surface area contributed by atoms with Gasteiger partial charge in [-0.3, -0.25) is 4.79 Å². The number of methoxy groups -OCH3 is 2. The summed E-state index contributed by atoms with van der Waals surface area (Å²) in [5.74, 6) is 0.720. The number of carbonyl (C=O) groups excluding carboxylic acids is 2. The number of ether oxygens (including phenoxy) is 3. The molecule has 1 heterocycles. The smallest absolute Gasteiger partial charge is 0.363 e. The standard InChI is InChI=1S/C20H18N2O5S/c1-12(23)21-14-5-4-6-15(10-14)27-20(24)16-11-28-19(22-16)13-7-8-17(25-2)18(9-13)26-3/h4-11H,1-3H3,(H,21,23). The highest BCUT2D eigenvalue weighted by Gasteiger charge is 2.16. The minimum absolute atomic E-state index is 0.194. The number of nitrogens with zero attached hydrogens (tertiary/aromatic N) is 1. The van der Waals surface area contributed by atoms with Crippen LogP contribution in [0, 0.1) is 0 Å². The molecule has 0 bridgehead atoms. The van der Waals surface area contributed by atoms with Crippen LogP contribution in [0.15, 0.2) is 47.8 Å². The molecule has 8 heteroatoms. The number of benzene rings is 2. The van der Waals surface area contributed by atoms with Crippen LogP contribution in [-0.2, 0) is 4.79 Å². The summed E-state index contributed by atoms with van der Waals surface area (Å²) < 4.78 is 15.9.